The second-order valence-electron chi connectivity index (χ2n) is 4.43. The van der Waals surface area contributed by atoms with Crippen molar-refractivity contribution >= 4 is 17.4 Å². The van der Waals surface area contributed by atoms with Gasteiger partial charge in [-0.1, -0.05) is 17.7 Å². The Balaban J connectivity index is 2.33. The predicted molar refractivity (Wildman–Crippen MR) is 78.5 cm³/mol. The Bertz CT molecular complexity index is 638. The van der Waals surface area contributed by atoms with Crippen molar-refractivity contribution in [1.82, 2.24) is 0 Å². The Morgan fingerprint density at radius 3 is 2.47 bits per heavy atom. The van der Waals surface area contributed by atoms with Crippen molar-refractivity contribution in [3.8, 4) is 11.5 Å². The molecule has 98 valence electrons. The van der Waals surface area contributed by atoms with E-state index in [0.717, 1.165) is 11.1 Å². The van der Waals surface area contributed by atoms with Gasteiger partial charge in [0.25, 0.3) is 0 Å². The van der Waals surface area contributed by atoms with Gasteiger partial charge >= 0.3 is 0 Å². The van der Waals surface area contributed by atoms with Gasteiger partial charge in [0.2, 0.25) is 0 Å². The summed E-state index contributed by atoms with van der Waals surface area (Å²) >= 11 is 6.10. The molecule has 0 saturated heterocycles. The zero-order valence-corrected chi connectivity index (χ0v) is 11.6. The highest BCUT2D eigenvalue weighted by Gasteiger charge is 2.07. The van der Waals surface area contributed by atoms with E-state index in [0.29, 0.717) is 22.1 Å². The van der Waals surface area contributed by atoms with E-state index in [2.05, 4.69) is 0 Å². The van der Waals surface area contributed by atoms with E-state index < -0.39 is 0 Å². The van der Waals surface area contributed by atoms with Gasteiger partial charge in [0.05, 0.1) is 5.02 Å². The van der Waals surface area contributed by atoms with Crippen LogP contribution in [-0.4, -0.2) is 5.84 Å². The Hall–Kier alpha value is -2.00. The van der Waals surface area contributed by atoms with E-state index in [1.54, 1.807) is 12.1 Å². The van der Waals surface area contributed by atoms with Crippen LogP contribution in [0.3, 0.4) is 0 Å². The van der Waals surface area contributed by atoms with Crippen molar-refractivity contribution in [1.29, 1.82) is 5.41 Å². The molecule has 2 rings (SSSR count). The minimum absolute atomic E-state index is 0.0447. The van der Waals surface area contributed by atoms with Crippen LogP contribution in [0.25, 0.3) is 0 Å². The fourth-order valence-electron chi connectivity index (χ4n) is 1.74. The summed E-state index contributed by atoms with van der Waals surface area (Å²) in [7, 11) is 0. The van der Waals surface area contributed by atoms with Crippen molar-refractivity contribution < 1.29 is 4.74 Å². The zero-order valence-electron chi connectivity index (χ0n) is 10.8. The number of amidine groups is 1. The molecule has 19 heavy (non-hydrogen) atoms. The molecule has 2 aromatic rings. The van der Waals surface area contributed by atoms with Gasteiger partial charge in [0.15, 0.2) is 0 Å². The lowest BCUT2D eigenvalue weighted by molar-refractivity contribution is 0.479. The molecule has 0 bridgehead atoms. The monoisotopic (exact) mass is 274 g/mol. The third-order valence-corrected chi connectivity index (χ3v) is 3.10. The van der Waals surface area contributed by atoms with Crippen LogP contribution in [0.5, 0.6) is 11.5 Å². The van der Waals surface area contributed by atoms with Crippen LogP contribution < -0.4 is 10.5 Å². The molecule has 2 aromatic carbocycles. The van der Waals surface area contributed by atoms with Gasteiger partial charge in [0.1, 0.15) is 17.3 Å². The van der Waals surface area contributed by atoms with E-state index in [1.807, 2.05) is 38.1 Å². The number of aryl methyl sites for hydroxylation is 2. The van der Waals surface area contributed by atoms with Gasteiger partial charge in [-0.15, -0.1) is 0 Å². The molecule has 3 N–H and O–H groups in total. The smallest absolute Gasteiger partial charge is 0.146 e. The highest BCUT2D eigenvalue weighted by atomic mass is 35.5. The summed E-state index contributed by atoms with van der Waals surface area (Å²) < 4.78 is 5.81. The third kappa shape index (κ3) is 3.06. The number of ether oxygens (including phenoxy) is 1. The molecular formula is C15H15ClN2O. The summed E-state index contributed by atoms with van der Waals surface area (Å²) in [5.41, 5.74) is 8.12. The van der Waals surface area contributed by atoms with Crippen LogP contribution in [-0.2, 0) is 0 Å². The molecule has 0 saturated carbocycles. The number of nitrogens with one attached hydrogen (secondary N) is 1. The maximum atomic E-state index is 7.40. The van der Waals surface area contributed by atoms with Crippen LogP contribution in [0.2, 0.25) is 5.02 Å². The first-order valence-corrected chi connectivity index (χ1v) is 6.24. The number of benzene rings is 2. The molecule has 0 unspecified atom stereocenters. The van der Waals surface area contributed by atoms with Gasteiger partial charge in [-0.3, -0.25) is 5.41 Å². The molecule has 0 aliphatic carbocycles. The van der Waals surface area contributed by atoms with Crippen molar-refractivity contribution in [3.05, 3.63) is 58.1 Å². The summed E-state index contributed by atoms with van der Waals surface area (Å²) in [5, 5.41) is 7.97. The topological polar surface area (TPSA) is 59.1 Å². The number of hydrogen-bond donors (Lipinski definition) is 2. The van der Waals surface area contributed by atoms with E-state index in [9.17, 15) is 0 Å². The second-order valence-corrected chi connectivity index (χ2v) is 4.84. The van der Waals surface area contributed by atoms with Crippen LogP contribution in [0.4, 0.5) is 0 Å². The average molecular weight is 275 g/mol. The molecule has 0 aliphatic heterocycles. The molecule has 0 spiro atoms. The van der Waals surface area contributed by atoms with E-state index >= 15 is 0 Å². The predicted octanol–water partition coefficient (Wildman–Crippen LogP) is 4.03. The summed E-state index contributed by atoms with van der Waals surface area (Å²) in [6.45, 7) is 3.89. The van der Waals surface area contributed by atoms with Crippen molar-refractivity contribution in [2.24, 2.45) is 5.73 Å². The molecule has 0 radical (unpaired) electrons. The maximum absolute atomic E-state index is 7.40. The van der Waals surface area contributed by atoms with Gasteiger partial charge in [-0.2, -0.15) is 0 Å². The zero-order chi connectivity index (χ0) is 14.0. The lowest BCUT2D eigenvalue weighted by atomic mass is 10.1. The van der Waals surface area contributed by atoms with Gasteiger partial charge in [0, 0.05) is 5.56 Å². The highest BCUT2D eigenvalue weighted by molar-refractivity contribution is 6.32. The van der Waals surface area contributed by atoms with Crippen LogP contribution in [0, 0.1) is 19.3 Å². The minimum atomic E-state index is 0.0447. The molecule has 0 atom stereocenters. The van der Waals surface area contributed by atoms with Crippen LogP contribution in [0.15, 0.2) is 36.4 Å². The summed E-state index contributed by atoms with van der Waals surface area (Å²) in [6, 6.07) is 11.0. The Morgan fingerprint density at radius 1 is 1.11 bits per heavy atom. The molecule has 0 fully saturated rings. The molecule has 0 amide bonds. The van der Waals surface area contributed by atoms with Gasteiger partial charge in [-0.25, -0.2) is 0 Å². The quantitative estimate of drug-likeness (QED) is 0.656. The second kappa shape index (κ2) is 5.33. The van der Waals surface area contributed by atoms with E-state index in [1.165, 1.54) is 0 Å². The average Bonchev–Trinajstić information content (AvgIpc) is 2.36. The first kappa shape index (κ1) is 13.4. The number of rotatable bonds is 3. The Kier molecular flexibility index (Phi) is 3.76. The number of nitrogen functional groups attached to an aromatic ring is 1. The van der Waals surface area contributed by atoms with Gasteiger partial charge in [-0.05, 0) is 55.3 Å². The summed E-state index contributed by atoms with van der Waals surface area (Å²) in [6.07, 6.45) is 0. The SMILES string of the molecule is Cc1ccc(Cl)c(Oc2ccc(C(=N)N)cc2C)c1. The first-order valence-electron chi connectivity index (χ1n) is 5.86. The molecule has 3 nitrogen and oxygen atoms in total. The minimum Gasteiger partial charge on any atom is -0.456 e. The lowest BCUT2D eigenvalue weighted by Crippen LogP contribution is -2.11. The standard InChI is InChI=1S/C15H15ClN2O/c1-9-3-5-12(16)14(7-9)19-13-6-4-11(15(17)18)8-10(13)2/h3-8H,1-2H3,(H3,17,18). The number of hydrogen-bond acceptors (Lipinski definition) is 2. The third-order valence-electron chi connectivity index (χ3n) is 2.79. The van der Waals surface area contributed by atoms with Gasteiger partial charge < -0.3 is 10.5 Å². The van der Waals surface area contributed by atoms with Crippen molar-refractivity contribution in [3.63, 3.8) is 0 Å². The van der Waals surface area contributed by atoms with Crippen molar-refractivity contribution in [2.75, 3.05) is 0 Å². The Labute approximate surface area is 117 Å². The molecular weight excluding hydrogens is 260 g/mol. The lowest BCUT2D eigenvalue weighted by Gasteiger charge is -2.11. The maximum Gasteiger partial charge on any atom is 0.146 e. The first-order chi connectivity index (χ1) is 8.97. The largest absolute Gasteiger partial charge is 0.456 e. The normalized spacial score (nSPS) is 10.3. The number of halogens is 1. The summed E-state index contributed by atoms with van der Waals surface area (Å²) in [4.78, 5) is 0. The number of nitrogens with two attached hydrogens (primary N) is 1. The van der Waals surface area contributed by atoms with Crippen LogP contribution in [0.1, 0.15) is 16.7 Å². The highest BCUT2D eigenvalue weighted by Crippen LogP contribution is 2.32. The molecule has 4 heteroatoms. The van der Waals surface area contributed by atoms with E-state index in [-0.39, 0.29) is 5.84 Å². The fourth-order valence-corrected chi connectivity index (χ4v) is 1.89. The Morgan fingerprint density at radius 2 is 1.84 bits per heavy atom. The van der Waals surface area contributed by atoms with Crippen LogP contribution >= 0.6 is 11.6 Å². The van der Waals surface area contributed by atoms with E-state index in [4.69, 9.17) is 27.5 Å². The molecule has 0 aliphatic rings. The molecule has 0 aromatic heterocycles. The molecule has 0 heterocycles. The fraction of sp³-hybridized carbons (Fsp3) is 0.133. The summed E-state index contributed by atoms with van der Waals surface area (Å²) in [5.74, 6) is 1.38. The van der Waals surface area contributed by atoms with Crippen molar-refractivity contribution in [2.45, 2.75) is 13.8 Å².